The summed E-state index contributed by atoms with van der Waals surface area (Å²) in [7, 11) is 0. The number of ether oxygens (including phenoxy) is 3. The molecule has 0 aromatic rings. The summed E-state index contributed by atoms with van der Waals surface area (Å²) in [6, 6.07) is 0. The normalized spacial score (nSPS) is 45.5. The summed E-state index contributed by atoms with van der Waals surface area (Å²) >= 11 is 0. The third-order valence-electron chi connectivity index (χ3n) is 9.37. The first-order chi connectivity index (χ1) is 14.1. The number of esters is 3. The van der Waals surface area contributed by atoms with E-state index in [0.717, 1.165) is 0 Å². The first kappa shape index (κ1) is 22.3. The maximum Gasteiger partial charge on any atom is 0.351 e. The Kier molecular flexibility index (Phi) is 4.42. The number of hydrogen-bond donors (Lipinski definition) is 0. The average Bonchev–Trinajstić information content (AvgIpc) is 2.96. The Labute approximate surface area is 185 Å². The summed E-state index contributed by atoms with van der Waals surface area (Å²) in [5.74, 6) is -0.965. The lowest BCUT2D eigenvalue weighted by atomic mass is 9.66. The van der Waals surface area contributed by atoms with E-state index >= 15 is 0 Å². The van der Waals surface area contributed by atoms with Gasteiger partial charge in [-0.2, -0.15) is 0 Å². The second-order valence-corrected chi connectivity index (χ2v) is 12.0. The highest BCUT2D eigenvalue weighted by Gasteiger charge is 2.80. The molecular formula is C25H36O6. The fourth-order valence-corrected chi connectivity index (χ4v) is 7.07. The molecule has 1 saturated heterocycles. The van der Waals surface area contributed by atoms with Gasteiger partial charge in [-0.25, -0.2) is 4.79 Å². The monoisotopic (exact) mass is 432 g/mol. The molecule has 6 nitrogen and oxygen atoms in total. The molecule has 7 atom stereocenters. The third kappa shape index (κ3) is 2.53. The Morgan fingerprint density at radius 1 is 0.935 bits per heavy atom. The van der Waals surface area contributed by atoms with Crippen LogP contribution in [0.25, 0.3) is 0 Å². The minimum Gasteiger partial charge on any atom is -0.461 e. The highest BCUT2D eigenvalue weighted by molar-refractivity contribution is 5.93. The summed E-state index contributed by atoms with van der Waals surface area (Å²) in [6.45, 7) is 17.4. The van der Waals surface area contributed by atoms with Crippen molar-refractivity contribution in [3.05, 3.63) is 11.6 Å². The summed E-state index contributed by atoms with van der Waals surface area (Å²) in [5.41, 5.74) is -2.17. The molecule has 1 heterocycles. The highest BCUT2D eigenvalue weighted by Crippen LogP contribution is 2.74. The lowest BCUT2D eigenvalue weighted by Gasteiger charge is -2.41. The zero-order valence-corrected chi connectivity index (χ0v) is 20.3. The SMILES string of the molecule is CC(=O)O[C@H]1[C@@H]2[C@H]([C@@H](OC(=O)[C@@]34CC[C@@](C)(C(=O)O3)C4(C)C)C1(C)C)[C@@]2(C)C=C(C)C. The first-order valence-electron chi connectivity index (χ1n) is 11.3. The number of allylic oxidation sites excluding steroid dienone is 2. The van der Waals surface area contributed by atoms with E-state index in [1.54, 1.807) is 0 Å². The van der Waals surface area contributed by atoms with Gasteiger partial charge in [-0.1, -0.05) is 46.3 Å². The Morgan fingerprint density at radius 3 is 1.90 bits per heavy atom. The molecule has 3 aliphatic carbocycles. The smallest absolute Gasteiger partial charge is 0.351 e. The molecule has 0 amide bonds. The zero-order chi connectivity index (χ0) is 23.4. The van der Waals surface area contributed by atoms with Gasteiger partial charge in [0.05, 0.1) is 5.41 Å². The van der Waals surface area contributed by atoms with E-state index in [2.05, 4.69) is 13.0 Å². The van der Waals surface area contributed by atoms with Crippen molar-refractivity contribution in [2.24, 2.45) is 33.5 Å². The van der Waals surface area contributed by atoms with Crippen molar-refractivity contribution in [1.29, 1.82) is 0 Å². The van der Waals surface area contributed by atoms with Crippen LogP contribution in [0.3, 0.4) is 0 Å². The predicted molar refractivity (Wildman–Crippen MR) is 114 cm³/mol. The second kappa shape index (κ2) is 6.14. The molecule has 3 saturated carbocycles. The van der Waals surface area contributed by atoms with Gasteiger partial charge in [0, 0.05) is 29.6 Å². The van der Waals surface area contributed by atoms with Crippen LogP contribution in [-0.2, 0) is 28.6 Å². The fourth-order valence-electron chi connectivity index (χ4n) is 7.07. The summed E-state index contributed by atoms with van der Waals surface area (Å²) in [6.07, 6.45) is 2.50. The maximum atomic E-state index is 13.7. The Morgan fingerprint density at radius 2 is 1.48 bits per heavy atom. The van der Waals surface area contributed by atoms with E-state index in [4.69, 9.17) is 14.2 Å². The van der Waals surface area contributed by atoms with Gasteiger partial charge in [0.1, 0.15) is 12.2 Å². The predicted octanol–water partition coefficient (Wildman–Crippen LogP) is 4.21. The van der Waals surface area contributed by atoms with Crippen molar-refractivity contribution in [2.45, 2.75) is 93.0 Å². The number of rotatable bonds is 4. The number of carbonyl (C=O) groups is 3. The van der Waals surface area contributed by atoms with E-state index in [0.29, 0.717) is 12.8 Å². The van der Waals surface area contributed by atoms with Gasteiger partial charge in [-0.05, 0) is 39.0 Å². The van der Waals surface area contributed by atoms with Gasteiger partial charge in [0.25, 0.3) is 0 Å². The molecule has 0 aromatic carbocycles. The van der Waals surface area contributed by atoms with Crippen LogP contribution in [-0.4, -0.2) is 35.7 Å². The lowest BCUT2D eigenvalue weighted by Crippen LogP contribution is -2.52. The Bertz CT molecular complexity index is 896. The molecule has 6 heteroatoms. The van der Waals surface area contributed by atoms with Crippen molar-refractivity contribution in [3.8, 4) is 0 Å². The number of hydrogen-bond acceptors (Lipinski definition) is 6. The molecular weight excluding hydrogens is 396 g/mol. The number of fused-ring (bicyclic) bond motifs is 3. The van der Waals surface area contributed by atoms with E-state index in [1.807, 2.05) is 48.5 Å². The quantitative estimate of drug-likeness (QED) is 0.376. The van der Waals surface area contributed by atoms with Crippen LogP contribution in [0.2, 0.25) is 0 Å². The van der Waals surface area contributed by atoms with E-state index in [9.17, 15) is 14.4 Å². The summed E-state index contributed by atoms with van der Waals surface area (Å²) < 4.78 is 17.8. The van der Waals surface area contributed by atoms with Crippen molar-refractivity contribution in [2.75, 3.05) is 0 Å². The molecule has 172 valence electrons. The molecule has 0 spiro atoms. The van der Waals surface area contributed by atoms with Gasteiger partial charge in [-0.3, -0.25) is 9.59 Å². The molecule has 4 rings (SSSR count). The van der Waals surface area contributed by atoms with Crippen LogP contribution < -0.4 is 0 Å². The molecule has 4 fully saturated rings. The molecule has 0 N–H and O–H groups in total. The van der Waals surface area contributed by atoms with Crippen molar-refractivity contribution in [3.63, 3.8) is 0 Å². The minimum atomic E-state index is -1.26. The second-order valence-electron chi connectivity index (χ2n) is 12.0. The van der Waals surface area contributed by atoms with E-state index in [-0.39, 0.29) is 35.3 Å². The molecule has 2 bridgehead atoms. The van der Waals surface area contributed by atoms with E-state index in [1.165, 1.54) is 12.5 Å². The van der Waals surface area contributed by atoms with Crippen LogP contribution >= 0.6 is 0 Å². The molecule has 0 radical (unpaired) electrons. The Hall–Kier alpha value is -1.85. The summed E-state index contributed by atoms with van der Waals surface area (Å²) in [4.78, 5) is 38.2. The van der Waals surface area contributed by atoms with Crippen LogP contribution in [0, 0.1) is 33.5 Å². The Balaban J connectivity index is 1.68. The van der Waals surface area contributed by atoms with Crippen molar-refractivity contribution in [1.82, 2.24) is 0 Å². The molecule has 1 aliphatic heterocycles. The van der Waals surface area contributed by atoms with Gasteiger partial charge in [0.2, 0.25) is 5.60 Å². The average molecular weight is 433 g/mol. The van der Waals surface area contributed by atoms with Gasteiger partial charge < -0.3 is 14.2 Å². The van der Waals surface area contributed by atoms with Gasteiger partial charge in [-0.15, -0.1) is 0 Å². The molecule has 4 aliphatic rings. The maximum absolute atomic E-state index is 13.7. The molecule has 0 unspecified atom stereocenters. The summed E-state index contributed by atoms with van der Waals surface area (Å²) in [5, 5.41) is 0. The largest absolute Gasteiger partial charge is 0.461 e. The van der Waals surface area contributed by atoms with E-state index < -0.39 is 33.9 Å². The van der Waals surface area contributed by atoms with Crippen molar-refractivity contribution >= 4 is 17.9 Å². The molecule has 0 aromatic heterocycles. The fraction of sp³-hybridized carbons (Fsp3) is 0.800. The highest BCUT2D eigenvalue weighted by atomic mass is 16.6. The van der Waals surface area contributed by atoms with Crippen LogP contribution in [0.1, 0.15) is 75.2 Å². The van der Waals surface area contributed by atoms with Crippen LogP contribution in [0.5, 0.6) is 0 Å². The van der Waals surface area contributed by atoms with Crippen LogP contribution in [0.15, 0.2) is 11.6 Å². The lowest BCUT2D eigenvalue weighted by molar-refractivity contribution is -0.195. The van der Waals surface area contributed by atoms with Gasteiger partial charge in [0.15, 0.2) is 0 Å². The van der Waals surface area contributed by atoms with Gasteiger partial charge >= 0.3 is 17.9 Å². The standard InChI is InChI=1S/C25H36O6/c1-13(2)12-23(8)15-16(23)18(21(4,5)17(15)29-14(3)26)30-20(28)25-11-10-24(9,19(27)31-25)22(25,6)7/h12,15-18H,10-11H2,1-9H3/t15-,16+,17-,18+,23-,24-,25+/m0/s1. The molecule has 31 heavy (non-hydrogen) atoms. The number of carbonyl (C=O) groups excluding carboxylic acids is 3. The van der Waals surface area contributed by atoms with Crippen LogP contribution in [0.4, 0.5) is 0 Å². The minimum absolute atomic E-state index is 0.0510. The zero-order valence-electron chi connectivity index (χ0n) is 20.3. The van der Waals surface area contributed by atoms with Crippen molar-refractivity contribution < 1.29 is 28.6 Å². The third-order valence-corrected chi connectivity index (χ3v) is 9.37. The topological polar surface area (TPSA) is 78.9 Å². The first-order valence-corrected chi connectivity index (χ1v) is 11.3.